The second-order valence-corrected chi connectivity index (χ2v) is 4.48. The summed E-state index contributed by atoms with van der Waals surface area (Å²) in [5, 5.41) is 5.94. The molecule has 0 unspecified atom stereocenters. The highest BCUT2D eigenvalue weighted by Crippen LogP contribution is 2.18. The highest BCUT2D eigenvalue weighted by molar-refractivity contribution is 5.69. The van der Waals surface area contributed by atoms with E-state index in [1.165, 1.54) is 7.11 Å². The van der Waals surface area contributed by atoms with Crippen molar-refractivity contribution in [3.8, 4) is 0 Å². The standard InChI is InChI=1S/C12H20N6O2/c1-13-10-15-11(14-6-5-9(19)20-2)17-12(16-10)18-7-3-4-8-18/h3-8H2,1-2H3,(H2,13,14,15,16,17). The Hall–Kier alpha value is -2.12. The van der Waals surface area contributed by atoms with E-state index in [2.05, 4.69) is 35.2 Å². The zero-order valence-electron chi connectivity index (χ0n) is 11.8. The van der Waals surface area contributed by atoms with Crippen LogP contribution in [-0.2, 0) is 9.53 Å². The van der Waals surface area contributed by atoms with Crippen LogP contribution in [-0.4, -0.2) is 54.7 Å². The Morgan fingerprint density at radius 3 is 2.60 bits per heavy atom. The third kappa shape index (κ3) is 3.69. The molecule has 1 aliphatic heterocycles. The van der Waals surface area contributed by atoms with Gasteiger partial charge in [-0.25, -0.2) is 0 Å². The van der Waals surface area contributed by atoms with Crippen LogP contribution in [0.4, 0.5) is 17.8 Å². The number of nitrogens with one attached hydrogen (secondary N) is 2. The van der Waals surface area contributed by atoms with Gasteiger partial charge in [0, 0.05) is 26.7 Å². The Kier molecular flexibility index (Phi) is 4.91. The SMILES string of the molecule is CNc1nc(NCCC(=O)OC)nc(N2CCCC2)n1. The molecule has 0 saturated carbocycles. The summed E-state index contributed by atoms with van der Waals surface area (Å²) in [5.41, 5.74) is 0. The molecule has 0 amide bonds. The number of nitrogens with zero attached hydrogens (tertiary/aromatic N) is 4. The molecule has 0 aliphatic carbocycles. The van der Waals surface area contributed by atoms with E-state index in [9.17, 15) is 4.79 Å². The van der Waals surface area contributed by atoms with Gasteiger partial charge in [-0.15, -0.1) is 0 Å². The number of hydrogen-bond acceptors (Lipinski definition) is 8. The summed E-state index contributed by atoms with van der Waals surface area (Å²) in [5.74, 6) is 1.39. The normalized spacial score (nSPS) is 14.2. The molecule has 20 heavy (non-hydrogen) atoms. The molecule has 0 bridgehead atoms. The fourth-order valence-corrected chi connectivity index (χ4v) is 1.99. The quantitative estimate of drug-likeness (QED) is 0.727. The molecule has 0 aromatic carbocycles. The van der Waals surface area contributed by atoms with Crippen LogP contribution in [0.2, 0.25) is 0 Å². The first-order chi connectivity index (χ1) is 9.72. The summed E-state index contributed by atoms with van der Waals surface area (Å²) >= 11 is 0. The van der Waals surface area contributed by atoms with E-state index in [0.717, 1.165) is 25.9 Å². The molecule has 1 aromatic heterocycles. The molecule has 8 nitrogen and oxygen atoms in total. The summed E-state index contributed by atoms with van der Waals surface area (Å²) in [6.07, 6.45) is 2.59. The van der Waals surface area contributed by atoms with Crippen LogP contribution in [0.15, 0.2) is 0 Å². The van der Waals surface area contributed by atoms with Crippen LogP contribution >= 0.6 is 0 Å². The van der Waals surface area contributed by atoms with E-state index in [1.807, 2.05) is 0 Å². The van der Waals surface area contributed by atoms with E-state index >= 15 is 0 Å². The van der Waals surface area contributed by atoms with Crippen LogP contribution in [0, 0.1) is 0 Å². The average Bonchev–Trinajstić information content (AvgIpc) is 3.01. The molecule has 0 spiro atoms. The molecule has 0 atom stereocenters. The molecular formula is C12H20N6O2. The average molecular weight is 280 g/mol. The van der Waals surface area contributed by atoms with E-state index < -0.39 is 0 Å². The number of hydrogen-bond donors (Lipinski definition) is 2. The predicted molar refractivity (Wildman–Crippen MR) is 75.9 cm³/mol. The van der Waals surface area contributed by atoms with E-state index in [-0.39, 0.29) is 12.4 Å². The fraction of sp³-hybridized carbons (Fsp3) is 0.667. The second kappa shape index (κ2) is 6.88. The van der Waals surface area contributed by atoms with Crippen LogP contribution in [0.1, 0.15) is 19.3 Å². The van der Waals surface area contributed by atoms with Crippen molar-refractivity contribution in [2.24, 2.45) is 0 Å². The molecule has 8 heteroatoms. The largest absolute Gasteiger partial charge is 0.469 e. The number of aromatic nitrogens is 3. The van der Waals surface area contributed by atoms with Gasteiger partial charge >= 0.3 is 5.97 Å². The molecular weight excluding hydrogens is 260 g/mol. The molecule has 1 aromatic rings. The summed E-state index contributed by atoms with van der Waals surface area (Å²) < 4.78 is 4.59. The molecule has 2 rings (SSSR count). The van der Waals surface area contributed by atoms with Gasteiger partial charge in [-0.2, -0.15) is 15.0 Å². The maximum atomic E-state index is 11.1. The lowest BCUT2D eigenvalue weighted by Crippen LogP contribution is -2.22. The lowest BCUT2D eigenvalue weighted by atomic mass is 10.4. The molecule has 2 heterocycles. The van der Waals surface area contributed by atoms with Gasteiger partial charge in [-0.1, -0.05) is 0 Å². The number of methoxy groups -OCH3 is 1. The van der Waals surface area contributed by atoms with Gasteiger partial charge in [0.15, 0.2) is 0 Å². The van der Waals surface area contributed by atoms with Crippen LogP contribution < -0.4 is 15.5 Å². The number of ether oxygens (including phenoxy) is 1. The van der Waals surface area contributed by atoms with Crippen molar-refractivity contribution in [2.45, 2.75) is 19.3 Å². The fourth-order valence-electron chi connectivity index (χ4n) is 1.99. The maximum absolute atomic E-state index is 11.1. The van der Waals surface area contributed by atoms with Gasteiger partial charge in [-0.3, -0.25) is 4.79 Å². The third-order valence-corrected chi connectivity index (χ3v) is 3.08. The van der Waals surface area contributed by atoms with Gasteiger partial charge in [-0.05, 0) is 12.8 Å². The highest BCUT2D eigenvalue weighted by Gasteiger charge is 2.17. The Morgan fingerprint density at radius 2 is 1.95 bits per heavy atom. The first-order valence-corrected chi connectivity index (χ1v) is 6.72. The minimum Gasteiger partial charge on any atom is -0.469 e. The lowest BCUT2D eigenvalue weighted by molar-refractivity contribution is -0.140. The number of carbonyl (C=O) groups is 1. The van der Waals surface area contributed by atoms with Gasteiger partial charge in [0.25, 0.3) is 0 Å². The van der Waals surface area contributed by atoms with Crippen molar-refractivity contribution >= 4 is 23.8 Å². The van der Waals surface area contributed by atoms with Crippen molar-refractivity contribution in [3.63, 3.8) is 0 Å². The first kappa shape index (κ1) is 14.3. The summed E-state index contributed by atoms with van der Waals surface area (Å²) in [7, 11) is 3.14. The summed E-state index contributed by atoms with van der Waals surface area (Å²) in [4.78, 5) is 26.2. The molecule has 0 radical (unpaired) electrons. The molecule has 110 valence electrons. The van der Waals surface area contributed by atoms with Crippen molar-refractivity contribution < 1.29 is 9.53 Å². The minimum atomic E-state index is -0.264. The topological polar surface area (TPSA) is 92.3 Å². The minimum absolute atomic E-state index is 0.264. The van der Waals surface area contributed by atoms with Gasteiger partial charge in [0.05, 0.1) is 13.5 Å². The van der Waals surface area contributed by atoms with Crippen LogP contribution in [0.25, 0.3) is 0 Å². The maximum Gasteiger partial charge on any atom is 0.307 e. The first-order valence-electron chi connectivity index (χ1n) is 6.72. The van der Waals surface area contributed by atoms with Crippen molar-refractivity contribution in [1.29, 1.82) is 0 Å². The smallest absolute Gasteiger partial charge is 0.307 e. The van der Waals surface area contributed by atoms with E-state index in [0.29, 0.717) is 24.4 Å². The predicted octanol–water partition coefficient (Wildman–Crippen LogP) is 0.488. The number of anilines is 3. The summed E-state index contributed by atoms with van der Waals surface area (Å²) in [6, 6.07) is 0. The molecule has 1 fully saturated rings. The third-order valence-electron chi connectivity index (χ3n) is 3.08. The Bertz CT molecular complexity index is 461. The zero-order chi connectivity index (χ0) is 14.4. The lowest BCUT2D eigenvalue weighted by Gasteiger charge is -2.16. The van der Waals surface area contributed by atoms with Crippen molar-refractivity contribution in [2.75, 3.05) is 49.3 Å². The Labute approximate surface area is 118 Å². The zero-order valence-corrected chi connectivity index (χ0v) is 11.8. The molecule has 1 saturated heterocycles. The van der Waals surface area contributed by atoms with Gasteiger partial charge in [0.2, 0.25) is 17.8 Å². The number of rotatable bonds is 6. The molecule has 2 N–H and O–H groups in total. The van der Waals surface area contributed by atoms with E-state index in [1.54, 1.807) is 7.05 Å². The van der Waals surface area contributed by atoms with Crippen molar-refractivity contribution in [1.82, 2.24) is 15.0 Å². The number of esters is 1. The molecule has 1 aliphatic rings. The van der Waals surface area contributed by atoms with E-state index in [4.69, 9.17) is 0 Å². The Balaban J connectivity index is 2.03. The van der Waals surface area contributed by atoms with Crippen LogP contribution in [0.5, 0.6) is 0 Å². The second-order valence-electron chi connectivity index (χ2n) is 4.48. The monoisotopic (exact) mass is 280 g/mol. The van der Waals surface area contributed by atoms with Gasteiger partial charge in [0.1, 0.15) is 0 Å². The van der Waals surface area contributed by atoms with Crippen LogP contribution in [0.3, 0.4) is 0 Å². The summed E-state index contributed by atoms with van der Waals surface area (Å²) in [6.45, 7) is 2.36. The number of carbonyl (C=O) groups excluding carboxylic acids is 1. The Morgan fingerprint density at radius 1 is 1.25 bits per heavy atom. The van der Waals surface area contributed by atoms with Crippen molar-refractivity contribution in [3.05, 3.63) is 0 Å². The van der Waals surface area contributed by atoms with Gasteiger partial charge < -0.3 is 20.3 Å². The highest BCUT2D eigenvalue weighted by atomic mass is 16.5.